The second-order valence-corrected chi connectivity index (χ2v) is 7.96. The minimum atomic E-state index is -1.08. The van der Waals surface area contributed by atoms with Gasteiger partial charge in [-0.25, -0.2) is 4.79 Å². The van der Waals surface area contributed by atoms with Crippen molar-refractivity contribution < 1.29 is 24.5 Å². The third-order valence-electron chi connectivity index (χ3n) is 3.71. The van der Waals surface area contributed by atoms with Crippen LogP contribution in [-0.2, 0) is 4.79 Å². The first-order chi connectivity index (χ1) is 12.8. The lowest BCUT2D eigenvalue weighted by molar-refractivity contribution is -0.113. The first-order valence-corrected chi connectivity index (χ1v) is 9.51. The van der Waals surface area contributed by atoms with Crippen molar-refractivity contribution in [3.05, 3.63) is 56.9 Å². The van der Waals surface area contributed by atoms with Gasteiger partial charge in [0.05, 0.1) is 27.7 Å². The Morgan fingerprint density at radius 2 is 2.07 bits per heavy atom. The predicted octanol–water partition coefficient (Wildman–Crippen LogP) is 4.27. The Morgan fingerprint density at radius 3 is 2.74 bits per heavy atom. The number of methoxy groups -OCH3 is 1. The zero-order valence-corrected chi connectivity index (χ0v) is 17.0. The van der Waals surface area contributed by atoms with Crippen molar-refractivity contribution in [2.45, 2.75) is 0 Å². The number of ether oxygens (including phenoxy) is 1. The van der Waals surface area contributed by atoms with Gasteiger partial charge in [-0.2, -0.15) is 0 Å². The summed E-state index contributed by atoms with van der Waals surface area (Å²) in [7, 11) is 1.43. The molecule has 0 spiro atoms. The minimum Gasteiger partial charge on any atom is -0.503 e. The van der Waals surface area contributed by atoms with E-state index in [4.69, 9.17) is 22.1 Å². The molecule has 1 aliphatic rings. The van der Waals surface area contributed by atoms with Crippen LogP contribution in [0.15, 0.2) is 45.8 Å². The lowest BCUT2D eigenvalue weighted by Gasteiger charge is -2.14. The van der Waals surface area contributed by atoms with Crippen molar-refractivity contribution in [2.75, 3.05) is 12.0 Å². The lowest BCUT2D eigenvalue weighted by Crippen LogP contribution is -2.27. The van der Waals surface area contributed by atoms with Crippen LogP contribution in [0.1, 0.15) is 15.9 Å². The zero-order chi connectivity index (χ0) is 19.7. The molecule has 2 N–H and O–H groups in total. The molecule has 3 rings (SSSR count). The molecular weight excluding hydrogens is 454 g/mol. The Morgan fingerprint density at radius 1 is 1.33 bits per heavy atom. The average molecular weight is 466 g/mol. The van der Waals surface area contributed by atoms with Crippen LogP contribution in [0.3, 0.4) is 0 Å². The van der Waals surface area contributed by atoms with E-state index in [0.29, 0.717) is 24.9 Å². The van der Waals surface area contributed by atoms with Gasteiger partial charge in [-0.05, 0) is 57.9 Å². The molecule has 0 saturated carbocycles. The molecule has 0 unspecified atom stereocenters. The average Bonchev–Trinajstić information content (AvgIpc) is 2.91. The summed E-state index contributed by atoms with van der Waals surface area (Å²) in [5, 5.41) is 19.0. The van der Waals surface area contributed by atoms with Crippen LogP contribution in [0.25, 0.3) is 6.08 Å². The van der Waals surface area contributed by atoms with Gasteiger partial charge in [0, 0.05) is 0 Å². The number of carbonyl (C=O) groups excluding carboxylic acids is 1. The fourth-order valence-corrected chi connectivity index (χ4v) is 4.21. The van der Waals surface area contributed by atoms with E-state index in [-0.39, 0.29) is 23.0 Å². The summed E-state index contributed by atoms with van der Waals surface area (Å²) in [6, 6.07) is 9.27. The minimum absolute atomic E-state index is 0.0346. The Labute approximate surface area is 172 Å². The van der Waals surface area contributed by atoms with Crippen LogP contribution in [0, 0.1) is 0 Å². The van der Waals surface area contributed by atoms with E-state index in [2.05, 4.69) is 15.9 Å². The summed E-state index contributed by atoms with van der Waals surface area (Å²) >= 11 is 9.66. The number of aromatic hydroxyl groups is 1. The summed E-state index contributed by atoms with van der Waals surface area (Å²) < 4.78 is 5.84. The molecule has 9 heteroatoms. The molecule has 0 radical (unpaired) electrons. The number of phenols is 1. The SMILES string of the molecule is COc1cc(/C=C2\SC(=S)N(c3cccc(C(=O)O)c3)C2=O)cc(Br)c1O. The summed E-state index contributed by atoms with van der Waals surface area (Å²) in [6.45, 7) is 0. The third kappa shape index (κ3) is 3.85. The molecule has 2 aromatic carbocycles. The van der Waals surface area contributed by atoms with Crippen molar-refractivity contribution >= 4 is 67.9 Å². The Bertz CT molecular complexity index is 1010. The normalized spacial score (nSPS) is 15.5. The number of aromatic carboxylic acids is 1. The van der Waals surface area contributed by atoms with Gasteiger partial charge in [0.1, 0.15) is 0 Å². The maximum Gasteiger partial charge on any atom is 0.335 e. The molecule has 0 aromatic heterocycles. The molecule has 1 amide bonds. The van der Waals surface area contributed by atoms with Crippen molar-refractivity contribution in [3.8, 4) is 11.5 Å². The van der Waals surface area contributed by atoms with Gasteiger partial charge >= 0.3 is 5.97 Å². The van der Waals surface area contributed by atoms with Gasteiger partial charge < -0.3 is 14.9 Å². The van der Waals surface area contributed by atoms with Crippen LogP contribution in [0.2, 0.25) is 0 Å². The Hall–Kier alpha value is -2.36. The number of carboxylic acid groups (broad SMARTS) is 1. The van der Waals surface area contributed by atoms with Crippen LogP contribution in [-0.4, -0.2) is 33.5 Å². The molecule has 2 aromatic rings. The second kappa shape index (κ2) is 7.71. The van der Waals surface area contributed by atoms with Gasteiger partial charge in [0.15, 0.2) is 15.8 Å². The van der Waals surface area contributed by atoms with Crippen LogP contribution in [0.4, 0.5) is 5.69 Å². The van der Waals surface area contributed by atoms with Crippen molar-refractivity contribution in [1.29, 1.82) is 0 Å². The van der Waals surface area contributed by atoms with E-state index in [1.807, 2.05) is 0 Å². The summed E-state index contributed by atoms with van der Waals surface area (Å²) in [5.74, 6) is -1.21. The molecule has 6 nitrogen and oxygen atoms in total. The highest BCUT2D eigenvalue weighted by molar-refractivity contribution is 9.10. The van der Waals surface area contributed by atoms with E-state index in [1.54, 1.807) is 30.3 Å². The molecular formula is C18H12BrNO5S2. The number of thioether (sulfide) groups is 1. The molecule has 1 saturated heterocycles. The topological polar surface area (TPSA) is 87.1 Å². The number of amides is 1. The number of nitrogens with zero attached hydrogens (tertiary/aromatic N) is 1. The van der Waals surface area contributed by atoms with Gasteiger partial charge in [-0.3, -0.25) is 9.69 Å². The summed E-state index contributed by atoms with van der Waals surface area (Å²) in [5.41, 5.74) is 1.10. The molecule has 1 fully saturated rings. The van der Waals surface area contributed by atoms with Crippen molar-refractivity contribution in [2.24, 2.45) is 0 Å². The lowest BCUT2D eigenvalue weighted by atomic mass is 10.1. The summed E-state index contributed by atoms with van der Waals surface area (Å²) in [4.78, 5) is 25.7. The Balaban J connectivity index is 1.97. The number of rotatable bonds is 4. The van der Waals surface area contributed by atoms with Gasteiger partial charge in [0.2, 0.25) is 0 Å². The first kappa shape index (κ1) is 19.4. The number of hydrogen-bond acceptors (Lipinski definition) is 6. The smallest absolute Gasteiger partial charge is 0.335 e. The first-order valence-electron chi connectivity index (χ1n) is 7.49. The molecule has 27 heavy (non-hydrogen) atoms. The molecule has 1 aliphatic heterocycles. The number of halogens is 1. The fraction of sp³-hybridized carbons (Fsp3) is 0.0556. The second-order valence-electron chi connectivity index (χ2n) is 5.43. The van der Waals surface area contributed by atoms with Crippen LogP contribution in [0.5, 0.6) is 11.5 Å². The summed E-state index contributed by atoms with van der Waals surface area (Å²) in [6.07, 6.45) is 1.63. The van der Waals surface area contributed by atoms with Crippen LogP contribution < -0.4 is 9.64 Å². The molecule has 0 bridgehead atoms. The maximum absolute atomic E-state index is 12.8. The van der Waals surface area contributed by atoms with E-state index in [0.717, 1.165) is 11.8 Å². The van der Waals surface area contributed by atoms with Crippen molar-refractivity contribution in [1.82, 2.24) is 0 Å². The van der Waals surface area contributed by atoms with Crippen molar-refractivity contribution in [3.63, 3.8) is 0 Å². The van der Waals surface area contributed by atoms with E-state index in [1.165, 1.54) is 24.1 Å². The number of carboxylic acids is 1. The highest BCUT2D eigenvalue weighted by atomic mass is 79.9. The van der Waals surface area contributed by atoms with E-state index < -0.39 is 5.97 Å². The fourth-order valence-electron chi connectivity index (χ4n) is 2.45. The standard InChI is InChI=1S/C18H12BrNO5S2/c1-25-13-6-9(5-12(19)15(13)21)7-14-16(22)20(18(26)27-14)11-4-2-3-10(8-11)17(23)24/h2-8,21H,1H3,(H,23,24)/b14-7-. The van der Waals surface area contributed by atoms with Gasteiger partial charge in [-0.1, -0.05) is 30.0 Å². The number of anilines is 1. The highest BCUT2D eigenvalue weighted by Gasteiger charge is 2.33. The quantitative estimate of drug-likeness (QED) is 0.514. The highest BCUT2D eigenvalue weighted by Crippen LogP contribution is 2.39. The molecule has 0 aliphatic carbocycles. The molecule has 1 heterocycles. The Kier molecular flexibility index (Phi) is 5.54. The number of hydrogen-bond donors (Lipinski definition) is 2. The number of thiocarbonyl (C=S) groups is 1. The largest absolute Gasteiger partial charge is 0.503 e. The van der Waals surface area contributed by atoms with Gasteiger partial charge in [0.25, 0.3) is 5.91 Å². The zero-order valence-electron chi connectivity index (χ0n) is 13.8. The third-order valence-corrected chi connectivity index (χ3v) is 5.62. The monoisotopic (exact) mass is 465 g/mol. The molecule has 0 atom stereocenters. The number of carbonyl (C=O) groups is 2. The predicted molar refractivity (Wildman–Crippen MR) is 111 cm³/mol. The van der Waals surface area contributed by atoms with E-state index >= 15 is 0 Å². The molecule has 138 valence electrons. The van der Waals surface area contributed by atoms with Gasteiger partial charge in [-0.15, -0.1) is 0 Å². The van der Waals surface area contributed by atoms with Crippen LogP contribution >= 0.6 is 39.9 Å². The number of phenolic OH excluding ortho intramolecular Hbond substituents is 1. The maximum atomic E-state index is 12.8. The van der Waals surface area contributed by atoms with E-state index in [9.17, 15) is 14.7 Å². The number of benzene rings is 2.